The topological polar surface area (TPSA) is 86.1 Å². The second-order valence-electron chi connectivity index (χ2n) is 8.05. The van der Waals surface area contributed by atoms with E-state index >= 15 is 0 Å². The van der Waals surface area contributed by atoms with E-state index in [1.165, 1.54) is 7.11 Å². The molecule has 0 bridgehead atoms. The van der Waals surface area contributed by atoms with Crippen LogP contribution in [0.15, 0.2) is 34.7 Å². The average Bonchev–Trinajstić information content (AvgIpc) is 3.28. The quantitative estimate of drug-likeness (QED) is 0.430. The lowest BCUT2D eigenvalue weighted by Gasteiger charge is -2.33. The average molecular weight is 488 g/mol. The van der Waals surface area contributed by atoms with Crippen LogP contribution in [0.5, 0.6) is 11.5 Å². The molecule has 0 spiro atoms. The molecule has 34 heavy (non-hydrogen) atoms. The second-order valence-corrected chi connectivity index (χ2v) is 8.43. The number of carbonyl (C=O) groups excluding carboxylic acids is 1. The molecule has 2 aromatic carbocycles. The highest BCUT2D eigenvalue weighted by Gasteiger charge is 2.26. The van der Waals surface area contributed by atoms with E-state index in [0.717, 1.165) is 31.5 Å². The van der Waals surface area contributed by atoms with Crippen molar-refractivity contribution >= 4 is 34.7 Å². The van der Waals surface area contributed by atoms with Gasteiger partial charge in [-0.3, -0.25) is 0 Å². The Balaban J connectivity index is 1.72. The van der Waals surface area contributed by atoms with Crippen molar-refractivity contribution in [1.82, 2.24) is 10.3 Å². The summed E-state index contributed by atoms with van der Waals surface area (Å²) in [5, 5.41) is 3.88. The Kier molecular flexibility index (Phi) is 7.80. The van der Waals surface area contributed by atoms with Crippen molar-refractivity contribution in [2.75, 3.05) is 38.3 Å². The van der Waals surface area contributed by atoms with Gasteiger partial charge < -0.3 is 28.8 Å². The number of oxazole rings is 1. The van der Waals surface area contributed by atoms with E-state index in [0.29, 0.717) is 59.0 Å². The van der Waals surface area contributed by atoms with Gasteiger partial charge in [0.15, 0.2) is 5.58 Å². The highest BCUT2D eigenvalue weighted by Crippen LogP contribution is 2.37. The molecular weight excluding hydrogens is 458 g/mol. The Morgan fingerprint density at radius 1 is 1.15 bits per heavy atom. The van der Waals surface area contributed by atoms with Gasteiger partial charge in [0.1, 0.15) is 22.0 Å². The number of methoxy groups -OCH3 is 1. The van der Waals surface area contributed by atoms with E-state index in [4.69, 9.17) is 35.2 Å². The van der Waals surface area contributed by atoms with Crippen molar-refractivity contribution in [3.05, 3.63) is 46.5 Å². The number of ether oxygens (including phenoxy) is 3. The van der Waals surface area contributed by atoms with Gasteiger partial charge in [0.2, 0.25) is 0 Å². The van der Waals surface area contributed by atoms with Crippen molar-refractivity contribution in [2.24, 2.45) is 0 Å². The monoisotopic (exact) mass is 487 g/mol. The number of benzene rings is 2. The zero-order chi connectivity index (χ0) is 24.1. The number of hydrogen-bond donors (Lipinski definition) is 1. The number of rotatable bonds is 9. The molecule has 1 aromatic heterocycles. The largest absolute Gasteiger partial charge is 0.492 e. The van der Waals surface area contributed by atoms with Crippen molar-refractivity contribution in [1.29, 1.82) is 0 Å². The molecule has 0 unspecified atom stereocenters. The standard InChI is InChI=1S/C25H30ClN3O5/c1-4-32-21-12-16(13-22(23(21)26)33-5-2)15-29(18-8-10-27-11-9-18)25-28-19-14-17(24(30)31-3)6-7-20(19)34-25/h6-7,12-14,18,27H,4-5,8-11,15H2,1-3H3. The van der Waals surface area contributed by atoms with Gasteiger partial charge in [0, 0.05) is 12.6 Å². The first-order valence-corrected chi connectivity index (χ1v) is 12.0. The van der Waals surface area contributed by atoms with Gasteiger partial charge in [-0.15, -0.1) is 0 Å². The molecule has 9 heteroatoms. The Morgan fingerprint density at radius 3 is 2.44 bits per heavy atom. The van der Waals surface area contributed by atoms with Gasteiger partial charge in [0.05, 0.1) is 25.9 Å². The summed E-state index contributed by atoms with van der Waals surface area (Å²) in [6, 6.07) is 9.76. The lowest BCUT2D eigenvalue weighted by Crippen LogP contribution is -2.43. The number of fused-ring (bicyclic) bond motifs is 1. The van der Waals surface area contributed by atoms with Crippen LogP contribution < -0.4 is 19.7 Å². The SMILES string of the molecule is CCOc1cc(CN(c2nc3cc(C(=O)OC)ccc3o2)C2CCNCC2)cc(OCC)c1Cl. The second kappa shape index (κ2) is 11.0. The molecule has 1 fully saturated rings. The normalized spacial score (nSPS) is 14.2. The lowest BCUT2D eigenvalue weighted by atomic mass is 10.0. The number of hydrogen-bond acceptors (Lipinski definition) is 8. The van der Waals surface area contributed by atoms with Crippen LogP contribution >= 0.6 is 11.6 Å². The van der Waals surface area contributed by atoms with E-state index in [1.807, 2.05) is 26.0 Å². The van der Waals surface area contributed by atoms with Gasteiger partial charge >= 0.3 is 5.97 Å². The molecule has 8 nitrogen and oxygen atoms in total. The number of esters is 1. The summed E-state index contributed by atoms with van der Waals surface area (Å²) in [6.45, 7) is 7.22. The van der Waals surface area contributed by atoms with E-state index in [1.54, 1.807) is 18.2 Å². The number of nitrogens with one attached hydrogen (secondary N) is 1. The smallest absolute Gasteiger partial charge is 0.337 e. The molecule has 4 rings (SSSR count). The Bertz CT molecular complexity index is 1120. The summed E-state index contributed by atoms with van der Waals surface area (Å²) < 4.78 is 22.5. The summed E-state index contributed by atoms with van der Waals surface area (Å²) in [4.78, 5) is 18.9. The molecule has 182 valence electrons. The van der Waals surface area contributed by atoms with Crippen molar-refractivity contribution in [3.8, 4) is 11.5 Å². The summed E-state index contributed by atoms with van der Waals surface area (Å²) in [5.41, 5.74) is 2.64. The number of halogens is 1. The number of piperidine rings is 1. The molecule has 2 heterocycles. The van der Waals surface area contributed by atoms with Crippen LogP contribution in [0, 0.1) is 0 Å². The van der Waals surface area contributed by atoms with Crippen LogP contribution in [0.1, 0.15) is 42.6 Å². The van der Waals surface area contributed by atoms with Crippen molar-refractivity contribution in [3.63, 3.8) is 0 Å². The van der Waals surface area contributed by atoms with Gasteiger partial charge in [0.25, 0.3) is 6.01 Å². The molecule has 1 aliphatic heterocycles. The predicted molar refractivity (Wildman–Crippen MR) is 131 cm³/mol. The van der Waals surface area contributed by atoms with Gasteiger partial charge in [-0.25, -0.2) is 4.79 Å². The van der Waals surface area contributed by atoms with Crippen LogP contribution in [0.3, 0.4) is 0 Å². The molecule has 1 aliphatic rings. The molecule has 0 aliphatic carbocycles. The summed E-state index contributed by atoms with van der Waals surface area (Å²) >= 11 is 6.51. The summed E-state index contributed by atoms with van der Waals surface area (Å²) in [5.74, 6) is 0.779. The minimum atomic E-state index is -0.408. The molecule has 1 saturated heterocycles. The molecular formula is C25H30ClN3O5. The minimum absolute atomic E-state index is 0.233. The van der Waals surface area contributed by atoms with Crippen LogP contribution in [-0.4, -0.2) is 50.4 Å². The Hall–Kier alpha value is -2.97. The third kappa shape index (κ3) is 5.23. The van der Waals surface area contributed by atoms with Gasteiger partial charge in [-0.2, -0.15) is 4.98 Å². The van der Waals surface area contributed by atoms with E-state index in [-0.39, 0.29) is 6.04 Å². The minimum Gasteiger partial charge on any atom is -0.492 e. The Morgan fingerprint density at radius 2 is 1.82 bits per heavy atom. The highest BCUT2D eigenvalue weighted by molar-refractivity contribution is 6.33. The fraction of sp³-hybridized carbons (Fsp3) is 0.440. The first kappa shape index (κ1) is 24.2. The maximum Gasteiger partial charge on any atom is 0.337 e. The molecule has 1 N–H and O–H groups in total. The van der Waals surface area contributed by atoms with Gasteiger partial charge in [-0.1, -0.05) is 11.6 Å². The third-order valence-electron chi connectivity index (χ3n) is 5.81. The zero-order valence-electron chi connectivity index (χ0n) is 19.7. The summed E-state index contributed by atoms with van der Waals surface area (Å²) in [6.07, 6.45) is 1.91. The number of anilines is 1. The van der Waals surface area contributed by atoms with Crippen LogP contribution in [0.4, 0.5) is 6.01 Å². The van der Waals surface area contributed by atoms with Crippen molar-refractivity contribution < 1.29 is 23.4 Å². The molecule has 3 aromatic rings. The Labute approximate surface area is 204 Å². The van der Waals surface area contributed by atoms with Gasteiger partial charge in [-0.05, 0) is 75.7 Å². The van der Waals surface area contributed by atoms with Crippen molar-refractivity contribution in [2.45, 2.75) is 39.3 Å². The maximum atomic E-state index is 12.0. The van der Waals surface area contributed by atoms with E-state index < -0.39 is 5.97 Å². The van der Waals surface area contributed by atoms with Crippen LogP contribution in [0.25, 0.3) is 11.1 Å². The number of carbonyl (C=O) groups is 1. The molecule has 0 radical (unpaired) electrons. The van der Waals surface area contributed by atoms with Crippen LogP contribution in [0.2, 0.25) is 5.02 Å². The fourth-order valence-electron chi connectivity index (χ4n) is 4.19. The maximum absolute atomic E-state index is 12.0. The third-order valence-corrected chi connectivity index (χ3v) is 6.18. The summed E-state index contributed by atoms with van der Waals surface area (Å²) in [7, 11) is 1.36. The molecule has 0 amide bonds. The van der Waals surface area contributed by atoms with Crippen LogP contribution in [-0.2, 0) is 11.3 Å². The van der Waals surface area contributed by atoms with E-state index in [9.17, 15) is 4.79 Å². The molecule has 0 saturated carbocycles. The molecule has 0 atom stereocenters. The van der Waals surface area contributed by atoms with E-state index in [2.05, 4.69) is 10.2 Å². The zero-order valence-corrected chi connectivity index (χ0v) is 20.5. The lowest BCUT2D eigenvalue weighted by molar-refractivity contribution is 0.0601. The first-order chi connectivity index (χ1) is 16.5. The fourth-order valence-corrected chi connectivity index (χ4v) is 4.41. The highest BCUT2D eigenvalue weighted by atomic mass is 35.5. The number of aromatic nitrogens is 1. The predicted octanol–water partition coefficient (Wildman–Crippen LogP) is 4.82. The number of nitrogens with zero attached hydrogens (tertiary/aromatic N) is 2. The first-order valence-electron chi connectivity index (χ1n) is 11.6.